The first-order valence-corrected chi connectivity index (χ1v) is 7.19. The predicted octanol–water partition coefficient (Wildman–Crippen LogP) is 1.78. The highest BCUT2D eigenvalue weighted by atomic mass is 16.4. The standard InChI is InChI=1S/C16H18N2O3/c1-9(10-4-6-17-7-5-10)18-15(19)13-11-2-3-12(8-11)14(13)16(20)21/h2-7,9,11-14H,8H2,1H3,(H,18,19)(H,20,21)/t9-,11-,12-,13+,14-/m0/s1. The molecule has 2 aliphatic carbocycles. The Morgan fingerprint density at radius 2 is 1.86 bits per heavy atom. The van der Waals surface area contributed by atoms with Gasteiger partial charge in [0.25, 0.3) is 0 Å². The summed E-state index contributed by atoms with van der Waals surface area (Å²) in [5.41, 5.74) is 0.962. The third-order valence-electron chi connectivity index (χ3n) is 4.61. The molecule has 1 aromatic rings. The lowest BCUT2D eigenvalue weighted by Gasteiger charge is -2.25. The van der Waals surface area contributed by atoms with E-state index in [-0.39, 0.29) is 23.8 Å². The Hall–Kier alpha value is -2.17. The first-order chi connectivity index (χ1) is 10.1. The molecule has 5 atom stereocenters. The molecule has 5 heteroatoms. The average molecular weight is 286 g/mol. The summed E-state index contributed by atoms with van der Waals surface area (Å²) in [4.78, 5) is 27.9. The van der Waals surface area contributed by atoms with Gasteiger partial charge in [0.2, 0.25) is 5.91 Å². The molecule has 2 bridgehead atoms. The normalized spacial score (nSPS) is 31.1. The molecule has 0 aliphatic heterocycles. The Balaban J connectivity index is 1.73. The minimum atomic E-state index is -0.872. The quantitative estimate of drug-likeness (QED) is 0.827. The van der Waals surface area contributed by atoms with Gasteiger partial charge in [0.05, 0.1) is 17.9 Å². The van der Waals surface area contributed by atoms with Crippen molar-refractivity contribution in [3.8, 4) is 0 Å². The fourth-order valence-corrected chi connectivity index (χ4v) is 3.56. The summed E-state index contributed by atoms with van der Waals surface area (Å²) in [5, 5.41) is 12.3. The minimum absolute atomic E-state index is 0.000480. The largest absolute Gasteiger partial charge is 0.481 e. The van der Waals surface area contributed by atoms with E-state index in [0.29, 0.717) is 0 Å². The van der Waals surface area contributed by atoms with Gasteiger partial charge in [0, 0.05) is 12.4 Å². The van der Waals surface area contributed by atoms with Crippen molar-refractivity contribution in [2.75, 3.05) is 0 Å². The number of nitrogens with one attached hydrogen (secondary N) is 1. The second kappa shape index (κ2) is 5.31. The number of fused-ring (bicyclic) bond motifs is 2. The Bertz CT molecular complexity index is 584. The van der Waals surface area contributed by atoms with Gasteiger partial charge in [-0.2, -0.15) is 0 Å². The van der Waals surface area contributed by atoms with Crippen LogP contribution in [0.5, 0.6) is 0 Å². The van der Waals surface area contributed by atoms with Crippen LogP contribution in [0.4, 0.5) is 0 Å². The number of hydrogen-bond acceptors (Lipinski definition) is 3. The molecule has 0 saturated heterocycles. The monoisotopic (exact) mass is 286 g/mol. The molecule has 2 aliphatic rings. The zero-order chi connectivity index (χ0) is 15.0. The molecular weight excluding hydrogens is 268 g/mol. The second-order valence-electron chi connectivity index (χ2n) is 5.85. The molecule has 110 valence electrons. The van der Waals surface area contributed by atoms with Crippen LogP contribution < -0.4 is 5.32 Å². The number of aliphatic carboxylic acids is 1. The van der Waals surface area contributed by atoms with Gasteiger partial charge in [-0.05, 0) is 42.9 Å². The molecule has 0 spiro atoms. The van der Waals surface area contributed by atoms with Crippen molar-refractivity contribution in [3.63, 3.8) is 0 Å². The Kier molecular flexibility index (Phi) is 3.49. The third-order valence-corrected chi connectivity index (χ3v) is 4.61. The first-order valence-electron chi connectivity index (χ1n) is 7.19. The lowest BCUT2D eigenvalue weighted by molar-refractivity contribution is -0.148. The van der Waals surface area contributed by atoms with Crippen molar-refractivity contribution in [2.45, 2.75) is 19.4 Å². The number of carbonyl (C=O) groups is 2. The van der Waals surface area contributed by atoms with Crippen LogP contribution in [-0.4, -0.2) is 22.0 Å². The number of carboxylic acids is 1. The molecule has 0 unspecified atom stereocenters. The van der Waals surface area contributed by atoms with Gasteiger partial charge in [-0.3, -0.25) is 14.6 Å². The summed E-state index contributed by atoms with van der Waals surface area (Å²) in [7, 11) is 0. The van der Waals surface area contributed by atoms with Crippen LogP contribution in [0.2, 0.25) is 0 Å². The van der Waals surface area contributed by atoms with Crippen LogP contribution in [0.3, 0.4) is 0 Å². The number of hydrogen-bond donors (Lipinski definition) is 2. The van der Waals surface area contributed by atoms with Crippen LogP contribution in [0.1, 0.15) is 24.9 Å². The van der Waals surface area contributed by atoms with Crippen LogP contribution >= 0.6 is 0 Å². The number of nitrogens with zero attached hydrogens (tertiary/aromatic N) is 1. The van der Waals surface area contributed by atoms with Crippen molar-refractivity contribution in [1.82, 2.24) is 10.3 Å². The number of allylic oxidation sites excluding steroid dienone is 2. The molecular formula is C16H18N2O3. The highest BCUT2D eigenvalue weighted by Gasteiger charge is 2.51. The smallest absolute Gasteiger partial charge is 0.307 e. The van der Waals surface area contributed by atoms with Gasteiger partial charge in [-0.25, -0.2) is 0 Å². The topological polar surface area (TPSA) is 79.3 Å². The Morgan fingerprint density at radius 1 is 1.24 bits per heavy atom. The molecule has 1 fully saturated rings. The molecule has 1 aromatic heterocycles. The van der Waals surface area contributed by atoms with Crippen molar-refractivity contribution >= 4 is 11.9 Å². The van der Waals surface area contributed by atoms with Crippen molar-refractivity contribution in [2.24, 2.45) is 23.7 Å². The van der Waals surface area contributed by atoms with Gasteiger partial charge in [-0.1, -0.05) is 12.2 Å². The fourth-order valence-electron chi connectivity index (χ4n) is 3.56. The second-order valence-corrected chi connectivity index (χ2v) is 5.85. The summed E-state index contributed by atoms with van der Waals surface area (Å²) in [5.74, 6) is -2.03. The van der Waals surface area contributed by atoms with Gasteiger partial charge < -0.3 is 10.4 Å². The number of carboxylic acid groups (broad SMARTS) is 1. The molecule has 1 saturated carbocycles. The molecule has 21 heavy (non-hydrogen) atoms. The molecule has 1 heterocycles. The highest BCUT2D eigenvalue weighted by Crippen LogP contribution is 2.48. The Labute approximate surface area is 123 Å². The van der Waals surface area contributed by atoms with E-state index in [1.54, 1.807) is 12.4 Å². The van der Waals surface area contributed by atoms with E-state index in [2.05, 4.69) is 10.3 Å². The summed E-state index contributed by atoms with van der Waals surface area (Å²) < 4.78 is 0. The van der Waals surface area contributed by atoms with Gasteiger partial charge >= 0.3 is 5.97 Å². The summed E-state index contributed by atoms with van der Waals surface area (Å²) in [6, 6.07) is 3.54. The van der Waals surface area contributed by atoms with Gasteiger partial charge in [-0.15, -0.1) is 0 Å². The number of aromatic nitrogens is 1. The highest BCUT2D eigenvalue weighted by molar-refractivity contribution is 5.87. The summed E-state index contributed by atoms with van der Waals surface area (Å²) >= 11 is 0. The van der Waals surface area contributed by atoms with E-state index < -0.39 is 17.8 Å². The number of pyridine rings is 1. The molecule has 5 nitrogen and oxygen atoms in total. The predicted molar refractivity (Wildman–Crippen MR) is 76.1 cm³/mol. The van der Waals surface area contributed by atoms with Crippen molar-refractivity contribution in [3.05, 3.63) is 42.2 Å². The van der Waals surface area contributed by atoms with Crippen LogP contribution in [0, 0.1) is 23.7 Å². The molecule has 3 rings (SSSR count). The van der Waals surface area contributed by atoms with E-state index >= 15 is 0 Å². The third kappa shape index (κ3) is 2.44. The van der Waals surface area contributed by atoms with E-state index in [1.807, 2.05) is 31.2 Å². The minimum Gasteiger partial charge on any atom is -0.481 e. The molecule has 1 amide bonds. The maximum absolute atomic E-state index is 12.5. The van der Waals surface area contributed by atoms with Crippen LogP contribution in [0.15, 0.2) is 36.7 Å². The number of carbonyl (C=O) groups excluding carboxylic acids is 1. The number of rotatable bonds is 4. The molecule has 0 aromatic carbocycles. The summed E-state index contributed by atoms with van der Waals surface area (Å²) in [6.07, 6.45) is 8.07. The first kappa shape index (κ1) is 13.8. The van der Waals surface area contributed by atoms with Gasteiger partial charge in [0.15, 0.2) is 0 Å². The SMILES string of the molecule is C[C@H](NC(=O)[C@H]1[C@@H](C(=O)O)[C@H]2C=C[C@H]1C2)c1ccncc1. The van der Waals surface area contributed by atoms with Crippen molar-refractivity contribution < 1.29 is 14.7 Å². The van der Waals surface area contributed by atoms with E-state index in [1.165, 1.54) is 0 Å². The lowest BCUT2D eigenvalue weighted by Crippen LogP contribution is -2.41. The van der Waals surface area contributed by atoms with E-state index in [9.17, 15) is 14.7 Å². The van der Waals surface area contributed by atoms with Crippen LogP contribution in [0.25, 0.3) is 0 Å². The maximum Gasteiger partial charge on any atom is 0.307 e. The Morgan fingerprint density at radius 3 is 2.48 bits per heavy atom. The van der Waals surface area contributed by atoms with Crippen LogP contribution in [-0.2, 0) is 9.59 Å². The van der Waals surface area contributed by atoms with Crippen molar-refractivity contribution in [1.29, 1.82) is 0 Å². The fraction of sp³-hybridized carbons (Fsp3) is 0.438. The molecule has 2 N–H and O–H groups in total. The van der Waals surface area contributed by atoms with Gasteiger partial charge in [0.1, 0.15) is 0 Å². The lowest BCUT2D eigenvalue weighted by atomic mass is 9.82. The van der Waals surface area contributed by atoms with E-state index in [4.69, 9.17) is 0 Å². The zero-order valence-corrected chi connectivity index (χ0v) is 11.8. The zero-order valence-electron chi connectivity index (χ0n) is 11.8. The number of amides is 1. The van der Waals surface area contributed by atoms with E-state index in [0.717, 1.165) is 12.0 Å². The molecule has 0 radical (unpaired) electrons. The summed E-state index contributed by atoms with van der Waals surface area (Å²) in [6.45, 7) is 1.89. The maximum atomic E-state index is 12.5. The average Bonchev–Trinajstić information content (AvgIpc) is 3.08.